The molecule has 0 atom stereocenters. The SMILES string of the molecule is Cc1nc2cnccc2n1CCN1CCN(S(=O)(=O)c2cn(C(=O)N(C)C)c3cc(-c4ccc(F)cc4)ccc23)CC1. The van der Waals surface area contributed by atoms with Gasteiger partial charge in [-0.25, -0.2) is 22.6 Å². The van der Waals surface area contributed by atoms with Crippen molar-refractivity contribution in [1.29, 1.82) is 0 Å². The second-order valence-corrected chi connectivity index (χ2v) is 12.6. The predicted octanol–water partition coefficient (Wildman–Crippen LogP) is 4.04. The number of imidazole rings is 1. The molecule has 42 heavy (non-hydrogen) atoms. The first-order valence-electron chi connectivity index (χ1n) is 13.8. The van der Waals surface area contributed by atoms with Crippen LogP contribution in [0, 0.1) is 12.7 Å². The first-order chi connectivity index (χ1) is 20.1. The minimum atomic E-state index is -3.88. The topological polar surface area (TPSA) is 96.6 Å². The normalized spacial score (nSPS) is 15.0. The molecular formula is C30H32FN7O3S. The van der Waals surface area contributed by atoms with E-state index in [0.29, 0.717) is 37.1 Å². The van der Waals surface area contributed by atoms with Gasteiger partial charge in [0, 0.05) is 71.1 Å². The smallest absolute Gasteiger partial charge is 0.328 e. The van der Waals surface area contributed by atoms with Crippen molar-refractivity contribution < 1.29 is 17.6 Å². The molecule has 1 amide bonds. The van der Waals surface area contributed by atoms with Crippen molar-refractivity contribution in [3.63, 3.8) is 0 Å². The molecule has 0 radical (unpaired) electrons. The summed E-state index contributed by atoms with van der Waals surface area (Å²) < 4.78 is 46.4. The van der Waals surface area contributed by atoms with Crippen LogP contribution < -0.4 is 0 Å². The van der Waals surface area contributed by atoms with Crippen LogP contribution >= 0.6 is 0 Å². The molecule has 6 rings (SSSR count). The Bertz CT molecular complexity index is 1890. The molecule has 0 spiro atoms. The summed E-state index contributed by atoms with van der Waals surface area (Å²) in [6.07, 6.45) is 4.94. The van der Waals surface area contributed by atoms with E-state index in [1.165, 1.54) is 32.1 Å². The van der Waals surface area contributed by atoms with Crippen molar-refractivity contribution in [3.8, 4) is 11.1 Å². The number of hydrogen-bond acceptors (Lipinski definition) is 6. The number of hydrogen-bond donors (Lipinski definition) is 0. The van der Waals surface area contributed by atoms with Gasteiger partial charge in [-0.1, -0.05) is 24.3 Å². The van der Waals surface area contributed by atoms with Crippen molar-refractivity contribution in [2.24, 2.45) is 0 Å². The van der Waals surface area contributed by atoms with Crippen molar-refractivity contribution >= 4 is 38.0 Å². The predicted molar refractivity (Wildman–Crippen MR) is 159 cm³/mol. The van der Waals surface area contributed by atoms with Crippen LogP contribution in [-0.2, 0) is 16.6 Å². The molecule has 0 aliphatic carbocycles. The zero-order valence-corrected chi connectivity index (χ0v) is 24.6. The van der Waals surface area contributed by atoms with Crippen molar-refractivity contribution in [3.05, 3.63) is 78.8 Å². The maximum absolute atomic E-state index is 14.0. The van der Waals surface area contributed by atoms with E-state index in [1.54, 1.807) is 56.8 Å². The summed E-state index contributed by atoms with van der Waals surface area (Å²) in [6.45, 7) is 5.37. The van der Waals surface area contributed by atoms with Gasteiger partial charge in [-0.3, -0.25) is 14.5 Å². The fraction of sp³-hybridized carbons (Fsp3) is 0.300. The summed E-state index contributed by atoms with van der Waals surface area (Å²) >= 11 is 0. The highest BCUT2D eigenvalue weighted by atomic mass is 32.2. The van der Waals surface area contributed by atoms with Crippen molar-refractivity contribution in [2.75, 3.05) is 46.8 Å². The van der Waals surface area contributed by atoms with Gasteiger partial charge in [0.25, 0.3) is 0 Å². The van der Waals surface area contributed by atoms with E-state index in [9.17, 15) is 17.6 Å². The number of aryl methyl sites for hydroxylation is 1. The van der Waals surface area contributed by atoms with Crippen LogP contribution in [0.15, 0.2) is 72.0 Å². The lowest BCUT2D eigenvalue weighted by atomic mass is 10.0. The molecule has 1 fully saturated rings. The third-order valence-electron chi connectivity index (χ3n) is 7.87. The molecule has 0 saturated carbocycles. The van der Waals surface area contributed by atoms with Crippen LogP contribution in [0.3, 0.4) is 0 Å². The van der Waals surface area contributed by atoms with Crippen LogP contribution in [0.1, 0.15) is 5.82 Å². The number of aromatic nitrogens is 4. The highest BCUT2D eigenvalue weighted by Gasteiger charge is 2.32. The van der Waals surface area contributed by atoms with Gasteiger partial charge >= 0.3 is 6.03 Å². The zero-order valence-electron chi connectivity index (χ0n) is 23.7. The molecule has 218 valence electrons. The van der Waals surface area contributed by atoms with Crippen LogP contribution in [0.5, 0.6) is 0 Å². The van der Waals surface area contributed by atoms with Gasteiger partial charge in [-0.05, 0) is 42.3 Å². The summed E-state index contributed by atoms with van der Waals surface area (Å²) in [4.78, 5) is 25.6. The number of carbonyl (C=O) groups is 1. The first-order valence-corrected chi connectivity index (χ1v) is 15.2. The Morgan fingerprint density at radius 3 is 2.38 bits per heavy atom. The van der Waals surface area contributed by atoms with E-state index in [1.807, 2.05) is 13.0 Å². The summed E-state index contributed by atoms with van der Waals surface area (Å²) in [6, 6.07) is 13.0. The largest absolute Gasteiger partial charge is 0.330 e. The van der Waals surface area contributed by atoms with Crippen molar-refractivity contribution in [1.82, 2.24) is 33.2 Å². The number of carbonyl (C=O) groups excluding carboxylic acids is 1. The number of nitrogens with zero attached hydrogens (tertiary/aromatic N) is 7. The van der Waals surface area contributed by atoms with Gasteiger partial charge in [-0.15, -0.1) is 0 Å². The minimum absolute atomic E-state index is 0.0981. The van der Waals surface area contributed by atoms with Crippen LogP contribution in [0.25, 0.3) is 33.1 Å². The summed E-state index contributed by atoms with van der Waals surface area (Å²) in [7, 11) is -0.641. The molecule has 5 aromatic rings. The number of pyridine rings is 1. The monoisotopic (exact) mass is 589 g/mol. The van der Waals surface area contributed by atoms with Crippen molar-refractivity contribution in [2.45, 2.75) is 18.4 Å². The lowest BCUT2D eigenvalue weighted by molar-refractivity contribution is 0.183. The number of fused-ring (bicyclic) bond motifs is 2. The first kappa shape index (κ1) is 28.0. The molecule has 2 aromatic carbocycles. The van der Waals surface area contributed by atoms with Gasteiger partial charge < -0.3 is 9.47 Å². The zero-order chi connectivity index (χ0) is 29.6. The quantitative estimate of drug-likeness (QED) is 0.297. The van der Waals surface area contributed by atoms with E-state index in [0.717, 1.165) is 41.1 Å². The van der Waals surface area contributed by atoms with Gasteiger partial charge in [0.1, 0.15) is 22.1 Å². The van der Waals surface area contributed by atoms with Gasteiger partial charge in [0.15, 0.2) is 0 Å². The van der Waals surface area contributed by atoms with E-state index in [4.69, 9.17) is 0 Å². The maximum atomic E-state index is 14.0. The molecule has 0 N–H and O–H groups in total. The molecular weight excluding hydrogens is 557 g/mol. The third kappa shape index (κ3) is 5.06. The summed E-state index contributed by atoms with van der Waals surface area (Å²) in [5.41, 5.74) is 3.89. The summed E-state index contributed by atoms with van der Waals surface area (Å²) in [5.74, 6) is 0.577. The molecule has 1 aliphatic rings. The molecule has 0 bridgehead atoms. The van der Waals surface area contributed by atoms with Gasteiger partial charge in [-0.2, -0.15) is 4.31 Å². The summed E-state index contributed by atoms with van der Waals surface area (Å²) in [5, 5.41) is 0.468. The Morgan fingerprint density at radius 1 is 0.952 bits per heavy atom. The van der Waals surface area contributed by atoms with E-state index < -0.39 is 10.0 Å². The Morgan fingerprint density at radius 2 is 1.67 bits per heavy atom. The standard InChI is InChI=1S/C30H32FN7O3S/c1-21-33-26-19-32-11-10-27(26)37(21)17-14-35-12-15-36(16-13-35)42(40,41)29-20-38(30(39)34(2)3)28-18-23(6-9-25(28)29)22-4-7-24(31)8-5-22/h4-11,18-20H,12-17H2,1-3H3. The van der Waals surface area contributed by atoms with Gasteiger partial charge in [0.2, 0.25) is 10.0 Å². The Kier molecular flexibility index (Phi) is 7.29. The molecule has 10 nitrogen and oxygen atoms in total. The second kappa shape index (κ2) is 10.9. The number of sulfonamides is 1. The number of benzene rings is 2. The molecule has 12 heteroatoms. The minimum Gasteiger partial charge on any atom is -0.330 e. The number of rotatable bonds is 6. The van der Waals surface area contributed by atoms with E-state index in [2.05, 4.69) is 19.4 Å². The third-order valence-corrected chi connectivity index (χ3v) is 9.79. The maximum Gasteiger partial charge on any atom is 0.328 e. The average Bonchev–Trinajstić information content (AvgIpc) is 3.53. The number of amides is 1. The lowest BCUT2D eigenvalue weighted by Crippen LogP contribution is -2.49. The molecule has 1 saturated heterocycles. The fourth-order valence-corrected chi connectivity index (χ4v) is 7.17. The molecule has 3 aromatic heterocycles. The highest BCUT2D eigenvalue weighted by molar-refractivity contribution is 7.89. The highest BCUT2D eigenvalue weighted by Crippen LogP contribution is 2.32. The number of piperazine rings is 1. The van der Waals surface area contributed by atoms with E-state index >= 15 is 0 Å². The van der Waals surface area contributed by atoms with Crippen LogP contribution in [0.2, 0.25) is 0 Å². The van der Waals surface area contributed by atoms with Crippen LogP contribution in [0.4, 0.5) is 9.18 Å². The van der Waals surface area contributed by atoms with Crippen LogP contribution in [-0.4, -0.2) is 94.5 Å². The molecule has 1 aliphatic heterocycles. The second-order valence-electron chi connectivity index (χ2n) is 10.7. The molecule has 0 unspecified atom stereocenters. The Labute approximate surface area is 243 Å². The Hall–Kier alpha value is -4.13. The lowest BCUT2D eigenvalue weighted by Gasteiger charge is -2.34. The molecule has 4 heterocycles. The fourth-order valence-electron chi connectivity index (χ4n) is 5.56. The average molecular weight is 590 g/mol. The van der Waals surface area contributed by atoms with E-state index in [-0.39, 0.29) is 16.7 Å². The number of halogens is 1. The Balaban J connectivity index is 1.23. The van der Waals surface area contributed by atoms with Gasteiger partial charge in [0.05, 0.1) is 17.2 Å².